The van der Waals surface area contributed by atoms with E-state index in [1.807, 2.05) is 13.8 Å². The number of rotatable bonds is 2. The molecule has 0 fully saturated rings. The molecule has 0 atom stereocenters. The van der Waals surface area contributed by atoms with Gasteiger partial charge in [-0.3, -0.25) is 0 Å². The Hall–Kier alpha value is 1.35. The second-order valence-corrected chi connectivity index (χ2v) is 3.06. The first-order valence-corrected chi connectivity index (χ1v) is 3.71. The smallest absolute Gasteiger partial charge is 1.00 e. The Kier molecular flexibility index (Phi) is 9.76. The summed E-state index contributed by atoms with van der Waals surface area (Å²) in [5.41, 5.74) is 0. The van der Waals surface area contributed by atoms with Gasteiger partial charge in [-0.15, -0.1) is 0 Å². The normalized spacial score (nSPS) is 9.75. The van der Waals surface area contributed by atoms with E-state index in [-0.39, 0.29) is 31.0 Å². The number of hydrogen-bond acceptors (Lipinski definition) is 2. The fourth-order valence-electron chi connectivity index (χ4n) is 0.327. The third-order valence-corrected chi connectivity index (χ3v) is 1.59. The molecule has 0 amide bonds. The molecule has 4 heteroatoms. The molecule has 2 nitrogen and oxygen atoms in total. The van der Waals surface area contributed by atoms with Crippen LogP contribution in [0.5, 0.6) is 0 Å². The van der Waals surface area contributed by atoms with E-state index in [0.29, 0.717) is 12.1 Å². The summed E-state index contributed by atoms with van der Waals surface area (Å²) in [4.78, 5) is 16.7. The van der Waals surface area contributed by atoms with Crippen LogP contribution < -0.4 is 29.6 Å². The molecule has 0 aliphatic carbocycles. The molecule has 0 aliphatic rings. The topological polar surface area (TPSA) is 40.5 Å². The molecule has 46 valence electrons. The van der Waals surface area contributed by atoms with Gasteiger partial charge in [-0.1, -0.05) is 13.8 Å². The largest absolute Gasteiger partial charge is 1.00 e. The summed E-state index contributed by atoms with van der Waals surface area (Å²) in [6.07, 6.45) is 0.537. The molecule has 0 rings (SSSR count). The second kappa shape index (κ2) is 6.47. The molecule has 2 N–H and O–H groups in total. The molecule has 0 aromatic heterocycles. The van der Waals surface area contributed by atoms with Gasteiger partial charge in [0.15, 0.2) is 8.38 Å². The zero-order valence-corrected chi connectivity index (χ0v) is 8.52. The molecular weight excluding hydrogens is 134 g/mol. The minimum atomic E-state index is -1.64. The molecule has 0 spiro atoms. The van der Waals surface area contributed by atoms with Gasteiger partial charge in [-0.2, -0.15) is 0 Å². The monoisotopic (exact) mass is 146 g/mol. The first kappa shape index (κ1) is 12.1. The average molecular weight is 146 g/mol. The minimum Gasteiger partial charge on any atom is -1.00 e. The van der Waals surface area contributed by atoms with E-state index in [1.165, 1.54) is 0 Å². The van der Waals surface area contributed by atoms with Gasteiger partial charge >= 0.3 is 29.6 Å². The van der Waals surface area contributed by atoms with Crippen molar-refractivity contribution in [3.63, 3.8) is 0 Å². The first-order valence-electron chi connectivity index (χ1n) is 2.28. The van der Waals surface area contributed by atoms with Crippen LogP contribution in [0.3, 0.4) is 0 Å². The maximum Gasteiger partial charge on any atom is 1.00 e. The van der Waals surface area contributed by atoms with E-state index in [2.05, 4.69) is 0 Å². The summed E-state index contributed by atoms with van der Waals surface area (Å²) in [6.45, 7) is 3.92. The Morgan fingerprint density at radius 2 is 1.88 bits per heavy atom. The van der Waals surface area contributed by atoms with E-state index >= 15 is 0 Å². The summed E-state index contributed by atoms with van der Waals surface area (Å²) >= 11 is 0. The van der Waals surface area contributed by atoms with Crippen LogP contribution in [-0.4, -0.2) is 15.9 Å². The van der Waals surface area contributed by atoms with Gasteiger partial charge in [0.05, 0.1) is 0 Å². The van der Waals surface area contributed by atoms with Crippen LogP contribution >= 0.6 is 8.38 Å². The van der Waals surface area contributed by atoms with Crippen LogP contribution in [-0.2, 0) is 0 Å². The Balaban J connectivity index is -0.000000180. The molecule has 0 bridgehead atoms. The third kappa shape index (κ3) is 10.4. The van der Waals surface area contributed by atoms with E-state index in [1.54, 1.807) is 0 Å². The fourth-order valence-corrected chi connectivity index (χ4v) is 0.980. The zero-order valence-electron chi connectivity index (χ0n) is 6.63. The molecule has 0 heterocycles. The Morgan fingerprint density at radius 3 is 1.88 bits per heavy atom. The SMILES string of the molecule is CC(C)CP(O)O.[H-].[Na+]. The molecule has 0 aliphatic heterocycles. The van der Waals surface area contributed by atoms with Crippen LogP contribution in [0.2, 0.25) is 0 Å². The summed E-state index contributed by atoms with van der Waals surface area (Å²) in [7, 11) is -1.64. The van der Waals surface area contributed by atoms with Gasteiger partial charge in [0, 0.05) is 6.16 Å². The standard InChI is InChI=1S/C4H11O2P.Na.H/c1-4(2)3-7(5)6;;/h4-6H,3H2,1-2H3;;/q;+1;-1. The predicted molar refractivity (Wildman–Crippen MR) is 32.2 cm³/mol. The van der Waals surface area contributed by atoms with Crippen LogP contribution in [0.25, 0.3) is 0 Å². The molecule has 0 radical (unpaired) electrons. The molecule has 0 aromatic carbocycles. The molecule has 0 saturated heterocycles. The minimum absolute atomic E-state index is 0. The van der Waals surface area contributed by atoms with Crippen molar-refractivity contribution in [2.24, 2.45) is 5.92 Å². The van der Waals surface area contributed by atoms with E-state index in [9.17, 15) is 0 Å². The van der Waals surface area contributed by atoms with E-state index in [4.69, 9.17) is 9.79 Å². The summed E-state index contributed by atoms with van der Waals surface area (Å²) in [6, 6.07) is 0. The van der Waals surface area contributed by atoms with E-state index < -0.39 is 8.38 Å². The summed E-state index contributed by atoms with van der Waals surface area (Å²) in [5.74, 6) is 0.404. The van der Waals surface area contributed by atoms with Crippen molar-refractivity contribution >= 4 is 8.38 Å². The van der Waals surface area contributed by atoms with Gasteiger partial charge in [-0.25, -0.2) is 0 Å². The van der Waals surface area contributed by atoms with Crippen LogP contribution in [0.4, 0.5) is 0 Å². The fraction of sp³-hybridized carbons (Fsp3) is 1.00. The van der Waals surface area contributed by atoms with Crippen LogP contribution in [0, 0.1) is 5.92 Å². The maximum atomic E-state index is 8.34. The van der Waals surface area contributed by atoms with Crippen molar-refractivity contribution < 1.29 is 40.8 Å². The Morgan fingerprint density at radius 1 is 1.50 bits per heavy atom. The van der Waals surface area contributed by atoms with Crippen molar-refractivity contribution in [1.82, 2.24) is 0 Å². The van der Waals surface area contributed by atoms with Crippen molar-refractivity contribution in [1.29, 1.82) is 0 Å². The molecule has 0 aromatic rings. The van der Waals surface area contributed by atoms with Crippen molar-refractivity contribution in [2.45, 2.75) is 13.8 Å². The van der Waals surface area contributed by atoms with Crippen LogP contribution in [0.1, 0.15) is 15.3 Å². The summed E-state index contributed by atoms with van der Waals surface area (Å²) in [5, 5.41) is 0. The molecule has 0 saturated carbocycles. The third-order valence-electron chi connectivity index (χ3n) is 0.528. The van der Waals surface area contributed by atoms with Gasteiger partial charge in [0.1, 0.15) is 0 Å². The molecular formula is C4H12NaO2P. The quantitative estimate of drug-likeness (QED) is 0.351. The van der Waals surface area contributed by atoms with Crippen molar-refractivity contribution in [3.05, 3.63) is 0 Å². The van der Waals surface area contributed by atoms with Gasteiger partial charge in [0.25, 0.3) is 0 Å². The maximum absolute atomic E-state index is 8.34. The first-order chi connectivity index (χ1) is 3.13. The van der Waals surface area contributed by atoms with Crippen molar-refractivity contribution in [2.75, 3.05) is 6.16 Å². The number of hydrogen-bond donors (Lipinski definition) is 2. The van der Waals surface area contributed by atoms with Crippen molar-refractivity contribution in [3.8, 4) is 0 Å². The molecule has 0 unspecified atom stereocenters. The van der Waals surface area contributed by atoms with E-state index in [0.717, 1.165) is 0 Å². The van der Waals surface area contributed by atoms with Crippen LogP contribution in [0.15, 0.2) is 0 Å². The Labute approximate surface area is 75.0 Å². The predicted octanol–water partition coefficient (Wildman–Crippen LogP) is -1.94. The second-order valence-electron chi connectivity index (χ2n) is 1.95. The van der Waals surface area contributed by atoms with Gasteiger partial charge in [0.2, 0.25) is 0 Å². The van der Waals surface area contributed by atoms with Gasteiger partial charge in [-0.05, 0) is 5.92 Å². The average Bonchev–Trinajstić information content (AvgIpc) is 1.27. The Bertz CT molecular complexity index is 47.8. The molecule has 8 heavy (non-hydrogen) atoms. The van der Waals surface area contributed by atoms with Gasteiger partial charge < -0.3 is 11.2 Å². The summed E-state index contributed by atoms with van der Waals surface area (Å²) < 4.78 is 0. The zero-order chi connectivity index (χ0) is 5.86.